The summed E-state index contributed by atoms with van der Waals surface area (Å²) in [5, 5.41) is 7.80. The van der Waals surface area contributed by atoms with Gasteiger partial charge in [-0.2, -0.15) is 5.10 Å². The lowest BCUT2D eigenvalue weighted by molar-refractivity contribution is 0.435. The van der Waals surface area contributed by atoms with E-state index in [2.05, 4.69) is 102 Å². The molecule has 0 heterocycles. The number of nitrogens with one attached hydrogen (secondary N) is 1. The van der Waals surface area contributed by atoms with E-state index in [1.807, 2.05) is 18.3 Å². The van der Waals surface area contributed by atoms with Crippen LogP contribution < -0.4 is 10.3 Å². The average molecular weight is 430 g/mol. The molecular formula is C27H28ClN3. The molecule has 1 N–H and O–H groups in total. The lowest BCUT2D eigenvalue weighted by Gasteiger charge is -2.32. The van der Waals surface area contributed by atoms with Crippen LogP contribution in [0.15, 0.2) is 90.1 Å². The number of hydrazone groups is 1. The summed E-state index contributed by atoms with van der Waals surface area (Å²) < 4.78 is 0. The van der Waals surface area contributed by atoms with Gasteiger partial charge in [-0.05, 0) is 54.8 Å². The molecule has 1 aliphatic rings. The van der Waals surface area contributed by atoms with Crippen LogP contribution in [0.4, 0.5) is 5.69 Å². The molecule has 31 heavy (non-hydrogen) atoms. The number of hydrogen-bond donors (Lipinski definition) is 1. The molecule has 1 unspecified atom stereocenters. The van der Waals surface area contributed by atoms with Crippen LogP contribution in [0.2, 0.25) is 5.02 Å². The van der Waals surface area contributed by atoms with Crippen molar-refractivity contribution < 1.29 is 0 Å². The van der Waals surface area contributed by atoms with Crippen LogP contribution in [0.25, 0.3) is 10.8 Å². The van der Waals surface area contributed by atoms with Crippen LogP contribution in [0.3, 0.4) is 0 Å². The van der Waals surface area contributed by atoms with Gasteiger partial charge in [0.2, 0.25) is 0 Å². The minimum Gasteiger partial charge on any atom is -0.372 e. The summed E-state index contributed by atoms with van der Waals surface area (Å²) in [6.07, 6.45) is 11.2. The Kier molecular flexibility index (Phi) is 6.43. The first-order chi connectivity index (χ1) is 15.2. The van der Waals surface area contributed by atoms with Crippen molar-refractivity contribution in [2.24, 2.45) is 5.10 Å². The number of nitrogens with zero attached hydrogens (tertiary/aromatic N) is 2. The highest BCUT2D eigenvalue weighted by atomic mass is 35.5. The fourth-order valence-electron chi connectivity index (χ4n) is 4.20. The molecule has 1 aliphatic carbocycles. The maximum Gasteiger partial charge on any atom is 0.102 e. The number of rotatable bonds is 7. The van der Waals surface area contributed by atoms with Crippen LogP contribution in [0.1, 0.15) is 31.4 Å². The Morgan fingerprint density at radius 1 is 1.03 bits per heavy atom. The van der Waals surface area contributed by atoms with Gasteiger partial charge in [-0.1, -0.05) is 78.4 Å². The van der Waals surface area contributed by atoms with Gasteiger partial charge in [0.1, 0.15) is 5.54 Å². The lowest BCUT2D eigenvalue weighted by atomic mass is 9.82. The summed E-state index contributed by atoms with van der Waals surface area (Å²) >= 11 is 6.57. The first kappa shape index (κ1) is 21.2. The van der Waals surface area contributed by atoms with Crippen molar-refractivity contribution in [2.75, 3.05) is 18.0 Å². The fraction of sp³-hybridized carbons (Fsp3) is 0.222. The van der Waals surface area contributed by atoms with E-state index in [0.717, 1.165) is 30.8 Å². The first-order valence-electron chi connectivity index (χ1n) is 10.8. The first-order valence-corrected chi connectivity index (χ1v) is 11.2. The molecule has 158 valence electrons. The van der Waals surface area contributed by atoms with Crippen LogP contribution in [-0.4, -0.2) is 19.3 Å². The van der Waals surface area contributed by atoms with Crippen LogP contribution >= 0.6 is 11.6 Å². The molecule has 3 aromatic rings. The summed E-state index contributed by atoms with van der Waals surface area (Å²) in [6, 6.07) is 21.1. The number of halogens is 1. The van der Waals surface area contributed by atoms with Gasteiger partial charge in [-0.15, -0.1) is 0 Å². The molecule has 0 fully saturated rings. The fourth-order valence-corrected chi connectivity index (χ4v) is 4.42. The zero-order chi connectivity index (χ0) is 21.7. The maximum absolute atomic E-state index is 6.57. The molecule has 3 nitrogen and oxygen atoms in total. The Bertz CT molecular complexity index is 1140. The van der Waals surface area contributed by atoms with E-state index in [1.165, 1.54) is 16.3 Å². The molecule has 0 aliphatic heterocycles. The predicted octanol–water partition coefficient (Wildman–Crippen LogP) is 6.67. The largest absolute Gasteiger partial charge is 0.372 e. The monoisotopic (exact) mass is 429 g/mol. The Balaban J connectivity index is 1.64. The Hall–Kier alpha value is -3.04. The Labute approximate surface area is 189 Å². The quantitative estimate of drug-likeness (QED) is 0.335. The van der Waals surface area contributed by atoms with Crippen molar-refractivity contribution in [2.45, 2.75) is 25.8 Å². The molecule has 0 saturated heterocycles. The van der Waals surface area contributed by atoms with Crippen molar-refractivity contribution >= 4 is 34.3 Å². The van der Waals surface area contributed by atoms with E-state index in [-0.39, 0.29) is 0 Å². The minimum absolute atomic E-state index is 0.403. The van der Waals surface area contributed by atoms with Crippen molar-refractivity contribution in [3.05, 3.63) is 101 Å². The molecule has 4 heteroatoms. The summed E-state index contributed by atoms with van der Waals surface area (Å²) in [5.41, 5.74) is 6.28. The maximum atomic E-state index is 6.57. The third-order valence-corrected chi connectivity index (χ3v) is 6.25. The highest BCUT2D eigenvalue weighted by molar-refractivity contribution is 6.33. The highest BCUT2D eigenvalue weighted by Gasteiger charge is 2.30. The lowest BCUT2D eigenvalue weighted by Crippen LogP contribution is -2.38. The number of benzene rings is 3. The number of fused-ring (bicyclic) bond motifs is 1. The third-order valence-electron chi connectivity index (χ3n) is 5.92. The third kappa shape index (κ3) is 4.38. The van der Waals surface area contributed by atoms with Crippen LogP contribution in [0.5, 0.6) is 0 Å². The molecule has 0 amide bonds. The SMILES string of the molecule is CCN(CC)c1ccc(/C=N/NC2(c3cccc4ccccc34)C=CC=CC2)c(Cl)c1. The van der Waals surface area contributed by atoms with Gasteiger partial charge >= 0.3 is 0 Å². The molecule has 0 saturated carbocycles. The second-order valence-corrected chi connectivity index (χ2v) is 8.14. The predicted molar refractivity (Wildman–Crippen MR) is 134 cm³/mol. The van der Waals surface area contributed by atoms with E-state index >= 15 is 0 Å². The van der Waals surface area contributed by atoms with E-state index in [1.54, 1.807) is 0 Å². The van der Waals surface area contributed by atoms with Gasteiger partial charge in [0, 0.05) is 24.3 Å². The normalized spacial score (nSPS) is 18.0. The van der Waals surface area contributed by atoms with Crippen LogP contribution in [0, 0.1) is 0 Å². The van der Waals surface area contributed by atoms with E-state index in [9.17, 15) is 0 Å². The molecule has 0 radical (unpaired) electrons. The zero-order valence-electron chi connectivity index (χ0n) is 18.1. The zero-order valence-corrected chi connectivity index (χ0v) is 18.8. The van der Waals surface area contributed by atoms with E-state index in [0.29, 0.717) is 5.02 Å². The summed E-state index contributed by atoms with van der Waals surface area (Å²) in [6.45, 7) is 6.20. The van der Waals surface area contributed by atoms with Gasteiger partial charge in [0.25, 0.3) is 0 Å². The molecule has 0 bridgehead atoms. The minimum atomic E-state index is -0.403. The van der Waals surface area contributed by atoms with Gasteiger partial charge in [0.15, 0.2) is 0 Å². The standard InChI is InChI=1S/C27H28ClN3/c1-3-31(4-2)23-16-15-22(26(28)19-23)20-29-30-27(17-8-5-9-18-27)25-14-10-12-21-11-6-7-13-24(21)25/h5-17,19-20,30H,3-4,18H2,1-2H3/b29-20+. The smallest absolute Gasteiger partial charge is 0.102 e. The van der Waals surface area contributed by atoms with Gasteiger partial charge < -0.3 is 4.90 Å². The van der Waals surface area contributed by atoms with Gasteiger partial charge in [0.05, 0.1) is 11.2 Å². The molecule has 4 rings (SSSR count). The number of hydrogen-bond acceptors (Lipinski definition) is 3. The van der Waals surface area contributed by atoms with E-state index in [4.69, 9.17) is 11.6 Å². The summed E-state index contributed by atoms with van der Waals surface area (Å²) in [7, 11) is 0. The van der Waals surface area contributed by atoms with Crippen LogP contribution in [-0.2, 0) is 5.54 Å². The topological polar surface area (TPSA) is 27.6 Å². The van der Waals surface area contributed by atoms with Crippen molar-refractivity contribution in [3.8, 4) is 0 Å². The highest BCUT2D eigenvalue weighted by Crippen LogP contribution is 2.35. The Morgan fingerprint density at radius 3 is 2.58 bits per heavy atom. The molecule has 0 spiro atoms. The molecular weight excluding hydrogens is 402 g/mol. The number of anilines is 1. The number of allylic oxidation sites excluding steroid dienone is 2. The second kappa shape index (κ2) is 9.40. The van der Waals surface area contributed by atoms with Gasteiger partial charge in [-0.25, -0.2) is 0 Å². The Morgan fingerprint density at radius 2 is 1.84 bits per heavy atom. The molecule has 0 aromatic heterocycles. The van der Waals surface area contributed by atoms with Crippen molar-refractivity contribution in [1.82, 2.24) is 5.43 Å². The molecule has 3 aromatic carbocycles. The molecule has 1 atom stereocenters. The van der Waals surface area contributed by atoms with Crippen molar-refractivity contribution in [1.29, 1.82) is 0 Å². The second-order valence-electron chi connectivity index (χ2n) is 7.74. The average Bonchev–Trinajstić information content (AvgIpc) is 2.81. The summed E-state index contributed by atoms with van der Waals surface area (Å²) in [5.74, 6) is 0. The summed E-state index contributed by atoms with van der Waals surface area (Å²) in [4.78, 5) is 2.28. The van der Waals surface area contributed by atoms with Gasteiger partial charge in [-0.3, -0.25) is 5.43 Å². The van der Waals surface area contributed by atoms with E-state index < -0.39 is 5.54 Å². The van der Waals surface area contributed by atoms with Crippen molar-refractivity contribution in [3.63, 3.8) is 0 Å².